The Hall–Kier alpha value is -3.70. The van der Waals surface area contributed by atoms with E-state index in [9.17, 15) is 22.8 Å². The maximum atomic E-state index is 12.7. The van der Waals surface area contributed by atoms with Crippen molar-refractivity contribution in [3.05, 3.63) is 87.2 Å². The third kappa shape index (κ3) is 5.13. The van der Waals surface area contributed by atoms with Gasteiger partial charge in [0.1, 0.15) is 0 Å². The first-order valence-corrected chi connectivity index (χ1v) is 11.1. The number of rotatable bonds is 6. The summed E-state index contributed by atoms with van der Waals surface area (Å²) < 4.78 is 29.7. The monoisotopic (exact) mass is 457 g/mol. The number of urea groups is 1. The van der Waals surface area contributed by atoms with Gasteiger partial charge in [-0.15, -0.1) is 0 Å². The zero-order valence-corrected chi connectivity index (χ0v) is 18.5. The fourth-order valence-electron chi connectivity index (χ4n) is 2.99. The number of anilines is 2. The van der Waals surface area contributed by atoms with Gasteiger partial charge in [-0.05, 0) is 36.8 Å². The summed E-state index contributed by atoms with van der Waals surface area (Å²) in [5.74, 6) is 0. The molecule has 168 valence electrons. The lowest BCUT2D eigenvalue weighted by Crippen LogP contribution is -2.41. The number of aromatic nitrogens is 2. The van der Waals surface area contributed by atoms with E-state index in [1.54, 1.807) is 55.5 Å². The first kappa shape index (κ1) is 23.0. The lowest BCUT2D eigenvalue weighted by atomic mass is 10.1. The second-order valence-corrected chi connectivity index (χ2v) is 8.84. The van der Waals surface area contributed by atoms with E-state index in [0.29, 0.717) is 16.9 Å². The van der Waals surface area contributed by atoms with Gasteiger partial charge in [0.05, 0.1) is 0 Å². The Morgan fingerprint density at radius 2 is 1.47 bits per heavy atom. The summed E-state index contributed by atoms with van der Waals surface area (Å²) in [4.78, 5) is 35.6. The zero-order chi connectivity index (χ0) is 23.5. The Morgan fingerprint density at radius 3 is 2.06 bits per heavy atom. The van der Waals surface area contributed by atoms with E-state index in [-0.39, 0.29) is 0 Å². The van der Waals surface area contributed by atoms with Crippen LogP contribution in [0.25, 0.3) is 0 Å². The van der Waals surface area contributed by atoms with Crippen LogP contribution in [0.4, 0.5) is 16.2 Å². The second kappa shape index (κ2) is 9.20. The van der Waals surface area contributed by atoms with Gasteiger partial charge in [-0.25, -0.2) is 22.7 Å². The summed E-state index contributed by atoms with van der Waals surface area (Å²) >= 11 is 0. The van der Waals surface area contributed by atoms with Crippen LogP contribution in [-0.2, 0) is 24.1 Å². The summed E-state index contributed by atoms with van der Waals surface area (Å²) in [7, 11) is -1.61. The van der Waals surface area contributed by atoms with Gasteiger partial charge in [-0.2, -0.15) is 0 Å². The minimum absolute atomic E-state index is 0.414. The van der Waals surface area contributed by atoms with Crippen molar-refractivity contribution < 1.29 is 13.2 Å². The molecular weight excluding hydrogens is 434 g/mol. The quantitative estimate of drug-likeness (QED) is 0.519. The summed E-state index contributed by atoms with van der Waals surface area (Å²) in [5.41, 5.74) is 0.251. The van der Waals surface area contributed by atoms with Gasteiger partial charge in [-0.3, -0.25) is 9.36 Å². The third-order valence-electron chi connectivity index (χ3n) is 4.74. The number of hydrogen-bond donors (Lipinski definition) is 3. The fourth-order valence-corrected chi connectivity index (χ4v) is 4.39. The number of para-hydroxylation sites is 1. The molecular formula is C21H23N5O5S. The van der Waals surface area contributed by atoms with Crippen molar-refractivity contribution in [2.75, 3.05) is 10.6 Å². The molecule has 11 heteroatoms. The molecule has 1 aromatic heterocycles. The highest BCUT2D eigenvalue weighted by molar-refractivity contribution is 7.89. The van der Waals surface area contributed by atoms with Gasteiger partial charge in [-0.1, -0.05) is 30.3 Å². The molecule has 3 rings (SSSR count). The van der Waals surface area contributed by atoms with Gasteiger partial charge < -0.3 is 15.2 Å². The number of hydrogen-bond acceptors (Lipinski definition) is 5. The van der Waals surface area contributed by atoms with E-state index in [2.05, 4.69) is 15.4 Å². The van der Waals surface area contributed by atoms with Crippen LogP contribution in [-0.4, -0.2) is 23.6 Å². The van der Waals surface area contributed by atoms with E-state index in [4.69, 9.17) is 0 Å². The molecule has 10 nitrogen and oxygen atoms in total. The molecule has 0 saturated heterocycles. The Labute approximate surface area is 184 Å². The number of benzene rings is 2. The molecule has 0 aliphatic heterocycles. The first-order chi connectivity index (χ1) is 15.1. The highest BCUT2D eigenvalue weighted by Crippen LogP contribution is 2.18. The van der Waals surface area contributed by atoms with Crippen LogP contribution in [0.1, 0.15) is 18.5 Å². The van der Waals surface area contributed by atoms with Crippen molar-refractivity contribution in [2.24, 2.45) is 14.1 Å². The van der Waals surface area contributed by atoms with Gasteiger partial charge in [0, 0.05) is 37.7 Å². The Kier molecular flexibility index (Phi) is 6.61. The predicted molar refractivity (Wildman–Crippen MR) is 121 cm³/mol. The fraction of sp³-hybridized carbons (Fsp3) is 0.190. The third-order valence-corrected chi connectivity index (χ3v) is 6.26. The van der Waals surface area contributed by atoms with E-state index in [1.807, 2.05) is 6.07 Å². The maximum absolute atomic E-state index is 12.7. The van der Waals surface area contributed by atoms with Crippen LogP contribution in [0.3, 0.4) is 0 Å². The molecule has 0 radical (unpaired) electrons. The van der Waals surface area contributed by atoms with Crippen molar-refractivity contribution in [2.45, 2.75) is 17.9 Å². The molecule has 1 atom stereocenters. The molecule has 3 N–H and O–H groups in total. The topological polar surface area (TPSA) is 131 Å². The summed E-state index contributed by atoms with van der Waals surface area (Å²) in [6, 6.07) is 14.5. The van der Waals surface area contributed by atoms with Crippen LogP contribution in [0.15, 0.2) is 75.3 Å². The molecule has 3 aromatic rings. The number of carbonyl (C=O) groups excluding carboxylic acids is 1. The highest BCUT2D eigenvalue weighted by Gasteiger charge is 2.24. The number of aryl methyl sites for hydroxylation is 1. The van der Waals surface area contributed by atoms with Gasteiger partial charge in [0.2, 0.25) is 10.0 Å². The average Bonchev–Trinajstić information content (AvgIpc) is 2.75. The number of nitrogens with one attached hydrogen (secondary N) is 3. The van der Waals surface area contributed by atoms with E-state index in [0.717, 1.165) is 15.3 Å². The second-order valence-electron chi connectivity index (χ2n) is 7.16. The van der Waals surface area contributed by atoms with E-state index >= 15 is 0 Å². The zero-order valence-electron chi connectivity index (χ0n) is 17.7. The molecule has 0 bridgehead atoms. The predicted octanol–water partition coefficient (Wildman–Crippen LogP) is 1.77. The van der Waals surface area contributed by atoms with Crippen LogP contribution in [0, 0.1) is 0 Å². The number of nitrogens with zero attached hydrogens (tertiary/aromatic N) is 2. The highest BCUT2D eigenvalue weighted by atomic mass is 32.2. The van der Waals surface area contributed by atoms with Crippen molar-refractivity contribution >= 4 is 27.4 Å². The van der Waals surface area contributed by atoms with E-state index < -0.39 is 38.2 Å². The molecule has 1 unspecified atom stereocenters. The molecule has 0 aliphatic rings. The molecule has 0 aliphatic carbocycles. The minimum Gasteiger partial charge on any atom is -0.308 e. The van der Waals surface area contributed by atoms with Crippen molar-refractivity contribution in [1.82, 2.24) is 13.9 Å². The lowest BCUT2D eigenvalue weighted by molar-refractivity contribution is 0.262. The molecule has 0 saturated carbocycles. The average molecular weight is 458 g/mol. The van der Waals surface area contributed by atoms with Crippen LogP contribution < -0.4 is 26.6 Å². The lowest BCUT2D eigenvalue weighted by Gasteiger charge is -2.16. The number of sulfonamides is 1. The molecule has 1 heterocycles. The Balaban J connectivity index is 1.71. The van der Waals surface area contributed by atoms with Crippen LogP contribution >= 0.6 is 0 Å². The van der Waals surface area contributed by atoms with Gasteiger partial charge in [0.25, 0.3) is 5.56 Å². The van der Waals surface area contributed by atoms with Gasteiger partial charge >= 0.3 is 11.7 Å². The minimum atomic E-state index is -4.19. The Bertz CT molecular complexity index is 1350. The smallest absolute Gasteiger partial charge is 0.308 e. The molecule has 32 heavy (non-hydrogen) atoms. The van der Waals surface area contributed by atoms with Crippen molar-refractivity contribution in [3.8, 4) is 0 Å². The number of amides is 2. The normalized spacial score (nSPS) is 12.2. The first-order valence-electron chi connectivity index (χ1n) is 9.60. The van der Waals surface area contributed by atoms with Crippen molar-refractivity contribution in [1.29, 1.82) is 0 Å². The molecule has 2 amide bonds. The molecule has 0 spiro atoms. The molecule has 2 aromatic carbocycles. The maximum Gasteiger partial charge on any atom is 0.330 e. The standard InChI is InChI=1S/C21H23N5O5S/c1-14(24-32(30,31)18-13-25(2)21(29)26(3)19(18)27)15-9-11-17(12-10-15)23-20(28)22-16-7-5-4-6-8-16/h4-14,24H,1-3H3,(H2,22,23,28). The summed E-state index contributed by atoms with van der Waals surface area (Å²) in [6.07, 6.45) is 0.998. The summed E-state index contributed by atoms with van der Waals surface area (Å²) in [5, 5.41) is 5.39. The molecule has 0 fully saturated rings. The SMILES string of the molecule is CC(NS(=O)(=O)c1cn(C)c(=O)n(C)c1=O)c1ccc(NC(=O)Nc2ccccc2)cc1. The number of carbonyl (C=O) groups is 1. The van der Waals surface area contributed by atoms with Crippen LogP contribution in [0.5, 0.6) is 0 Å². The largest absolute Gasteiger partial charge is 0.330 e. The van der Waals surface area contributed by atoms with Crippen molar-refractivity contribution in [3.63, 3.8) is 0 Å². The summed E-state index contributed by atoms with van der Waals surface area (Å²) in [6.45, 7) is 1.62. The van der Waals surface area contributed by atoms with Gasteiger partial charge in [0.15, 0.2) is 4.90 Å². The van der Waals surface area contributed by atoms with Crippen LogP contribution in [0.2, 0.25) is 0 Å². The Morgan fingerprint density at radius 1 is 0.906 bits per heavy atom. The van der Waals surface area contributed by atoms with E-state index in [1.165, 1.54) is 14.1 Å².